The molecule has 0 aliphatic heterocycles. The van der Waals surface area contributed by atoms with Crippen LogP contribution in [-0.2, 0) is 15.9 Å². The number of carbonyl (C=O) groups excluding carboxylic acids is 1. The van der Waals surface area contributed by atoms with Crippen molar-refractivity contribution < 1.29 is 14.3 Å². The summed E-state index contributed by atoms with van der Waals surface area (Å²) in [5, 5.41) is 2.76. The Hall–Kier alpha value is -1.55. The summed E-state index contributed by atoms with van der Waals surface area (Å²) in [6.45, 7) is 6.13. The zero-order valence-corrected chi connectivity index (χ0v) is 11.4. The van der Waals surface area contributed by atoms with E-state index < -0.39 is 11.7 Å². The molecule has 0 fully saturated rings. The molecule has 1 rings (SSSR count). The van der Waals surface area contributed by atoms with Crippen LogP contribution in [0.2, 0.25) is 0 Å². The van der Waals surface area contributed by atoms with Crippen LogP contribution in [0.4, 0.5) is 10.5 Å². The van der Waals surface area contributed by atoms with Crippen molar-refractivity contribution >= 4 is 11.8 Å². The molecule has 100 valence electrons. The predicted octanol–water partition coefficient (Wildman–Crippen LogP) is 3.22. The lowest BCUT2D eigenvalue weighted by atomic mass is 10.1. The number of benzene rings is 1. The largest absolute Gasteiger partial charge is 0.444 e. The van der Waals surface area contributed by atoms with Crippen LogP contribution in [0.15, 0.2) is 24.3 Å². The van der Waals surface area contributed by atoms with Gasteiger partial charge in [0.2, 0.25) is 0 Å². The van der Waals surface area contributed by atoms with E-state index in [1.165, 1.54) is 0 Å². The second-order valence-electron chi connectivity index (χ2n) is 5.03. The fourth-order valence-corrected chi connectivity index (χ4v) is 1.49. The van der Waals surface area contributed by atoms with Crippen molar-refractivity contribution in [3.63, 3.8) is 0 Å². The Kier molecular flexibility index (Phi) is 5.16. The van der Waals surface area contributed by atoms with Gasteiger partial charge in [-0.3, -0.25) is 5.32 Å². The quantitative estimate of drug-likeness (QED) is 0.893. The number of methoxy groups -OCH3 is 1. The Labute approximate surface area is 108 Å². The van der Waals surface area contributed by atoms with Crippen molar-refractivity contribution in [2.45, 2.75) is 32.8 Å². The molecule has 0 saturated heterocycles. The van der Waals surface area contributed by atoms with Gasteiger partial charge in [-0.15, -0.1) is 0 Å². The van der Waals surface area contributed by atoms with Crippen molar-refractivity contribution in [2.24, 2.45) is 0 Å². The molecule has 1 N–H and O–H groups in total. The lowest BCUT2D eigenvalue weighted by molar-refractivity contribution is 0.0635. The minimum atomic E-state index is -0.494. The lowest BCUT2D eigenvalue weighted by Gasteiger charge is -2.20. The Morgan fingerprint density at radius 1 is 1.28 bits per heavy atom. The van der Waals surface area contributed by atoms with E-state index in [1.54, 1.807) is 7.11 Å². The predicted molar refractivity (Wildman–Crippen MR) is 71.9 cm³/mol. The van der Waals surface area contributed by atoms with E-state index in [0.717, 1.165) is 17.7 Å². The summed E-state index contributed by atoms with van der Waals surface area (Å²) in [5.74, 6) is 0. The molecule has 0 saturated carbocycles. The molecule has 0 radical (unpaired) electrons. The van der Waals surface area contributed by atoms with Crippen LogP contribution in [0.3, 0.4) is 0 Å². The fraction of sp³-hybridized carbons (Fsp3) is 0.500. The number of hydrogen-bond acceptors (Lipinski definition) is 3. The monoisotopic (exact) mass is 251 g/mol. The van der Waals surface area contributed by atoms with Gasteiger partial charge < -0.3 is 9.47 Å². The molecule has 4 nitrogen and oxygen atoms in total. The molecular weight excluding hydrogens is 230 g/mol. The summed E-state index contributed by atoms with van der Waals surface area (Å²) < 4.78 is 10.3. The van der Waals surface area contributed by atoms with Gasteiger partial charge >= 0.3 is 6.09 Å². The number of para-hydroxylation sites is 1. The van der Waals surface area contributed by atoms with Crippen molar-refractivity contribution in [2.75, 3.05) is 19.0 Å². The summed E-state index contributed by atoms with van der Waals surface area (Å²) in [6.07, 6.45) is 0.315. The van der Waals surface area contributed by atoms with Gasteiger partial charge in [-0.2, -0.15) is 0 Å². The highest BCUT2D eigenvalue weighted by molar-refractivity contribution is 5.85. The maximum atomic E-state index is 11.7. The molecule has 0 unspecified atom stereocenters. The van der Waals surface area contributed by atoms with Crippen LogP contribution in [0.1, 0.15) is 26.3 Å². The van der Waals surface area contributed by atoms with Gasteiger partial charge in [-0.1, -0.05) is 18.2 Å². The van der Waals surface area contributed by atoms with Crippen LogP contribution in [0.25, 0.3) is 0 Å². The molecule has 0 heterocycles. The molecule has 18 heavy (non-hydrogen) atoms. The molecule has 4 heteroatoms. The van der Waals surface area contributed by atoms with Gasteiger partial charge in [-0.05, 0) is 38.8 Å². The Bertz CT molecular complexity index is 396. The standard InChI is InChI=1S/C14H21NO3/c1-14(2,3)18-13(16)15-12-8-6-5-7-11(12)9-10-17-4/h5-8H,9-10H2,1-4H3,(H,15,16). The number of ether oxygens (including phenoxy) is 2. The maximum absolute atomic E-state index is 11.7. The third-order valence-corrected chi connectivity index (χ3v) is 2.23. The summed E-state index contributed by atoms with van der Waals surface area (Å²) in [4.78, 5) is 11.7. The second kappa shape index (κ2) is 6.40. The van der Waals surface area contributed by atoms with Crippen LogP contribution >= 0.6 is 0 Å². The smallest absolute Gasteiger partial charge is 0.412 e. The normalized spacial score (nSPS) is 11.1. The van der Waals surface area contributed by atoms with Gasteiger partial charge in [0, 0.05) is 12.8 Å². The van der Waals surface area contributed by atoms with Crippen LogP contribution in [0, 0.1) is 0 Å². The number of hydrogen-bond donors (Lipinski definition) is 1. The highest BCUT2D eigenvalue weighted by Crippen LogP contribution is 2.17. The second-order valence-corrected chi connectivity index (χ2v) is 5.03. The molecule has 0 atom stereocenters. The third-order valence-electron chi connectivity index (χ3n) is 2.23. The van der Waals surface area contributed by atoms with Gasteiger partial charge in [0.25, 0.3) is 0 Å². The van der Waals surface area contributed by atoms with Crippen LogP contribution in [0.5, 0.6) is 0 Å². The van der Waals surface area contributed by atoms with Gasteiger partial charge in [0.05, 0.1) is 6.61 Å². The van der Waals surface area contributed by atoms with Crippen molar-refractivity contribution in [3.05, 3.63) is 29.8 Å². The van der Waals surface area contributed by atoms with Crippen molar-refractivity contribution in [1.29, 1.82) is 0 Å². The van der Waals surface area contributed by atoms with E-state index >= 15 is 0 Å². The number of anilines is 1. The minimum Gasteiger partial charge on any atom is -0.444 e. The summed E-state index contributed by atoms with van der Waals surface area (Å²) in [5.41, 5.74) is 1.31. The molecule has 0 aromatic heterocycles. The molecule has 0 aliphatic carbocycles. The first-order valence-electron chi connectivity index (χ1n) is 5.99. The molecule has 0 bridgehead atoms. The minimum absolute atomic E-state index is 0.438. The molecule has 1 amide bonds. The highest BCUT2D eigenvalue weighted by atomic mass is 16.6. The molecule has 0 spiro atoms. The Morgan fingerprint density at radius 3 is 2.56 bits per heavy atom. The number of nitrogens with one attached hydrogen (secondary N) is 1. The van der Waals surface area contributed by atoms with E-state index in [9.17, 15) is 4.79 Å². The average molecular weight is 251 g/mol. The summed E-state index contributed by atoms with van der Waals surface area (Å²) in [6, 6.07) is 7.63. The number of amides is 1. The summed E-state index contributed by atoms with van der Waals surface area (Å²) in [7, 11) is 1.66. The first-order chi connectivity index (χ1) is 8.42. The van der Waals surface area contributed by atoms with E-state index in [2.05, 4.69) is 5.32 Å². The highest BCUT2D eigenvalue weighted by Gasteiger charge is 2.16. The molecular formula is C14H21NO3. The van der Waals surface area contributed by atoms with E-state index in [4.69, 9.17) is 9.47 Å². The summed E-state index contributed by atoms with van der Waals surface area (Å²) >= 11 is 0. The van der Waals surface area contributed by atoms with Crippen molar-refractivity contribution in [3.8, 4) is 0 Å². The number of rotatable bonds is 4. The Balaban J connectivity index is 2.68. The van der Waals surface area contributed by atoms with Crippen molar-refractivity contribution in [1.82, 2.24) is 0 Å². The fourth-order valence-electron chi connectivity index (χ4n) is 1.49. The maximum Gasteiger partial charge on any atom is 0.412 e. The molecule has 1 aromatic carbocycles. The number of carbonyl (C=O) groups is 1. The molecule has 0 aliphatic rings. The van der Waals surface area contributed by atoms with Crippen LogP contribution in [-0.4, -0.2) is 25.4 Å². The zero-order valence-electron chi connectivity index (χ0n) is 11.4. The first kappa shape index (κ1) is 14.5. The van der Waals surface area contributed by atoms with E-state index in [-0.39, 0.29) is 0 Å². The average Bonchev–Trinajstić information content (AvgIpc) is 2.25. The third kappa shape index (κ3) is 5.19. The zero-order chi connectivity index (χ0) is 13.6. The van der Waals surface area contributed by atoms with Gasteiger partial charge in [-0.25, -0.2) is 4.79 Å². The SMILES string of the molecule is COCCc1ccccc1NC(=O)OC(C)(C)C. The van der Waals surface area contributed by atoms with E-state index in [0.29, 0.717) is 6.61 Å². The first-order valence-corrected chi connectivity index (χ1v) is 5.99. The van der Waals surface area contributed by atoms with Gasteiger partial charge in [0.1, 0.15) is 5.60 Å². The molecule has 1 aromatic rings. The topological polar surface area (TPSA) is 47.6 Å². The Morgan fingerprint density at radius 2 is 1.94 bits per heavy atom. The van der Waals surface area contributed by atoms with Gasteiger partial charge in [0.15, 0.2) is 0 Å². The van der Waals surface area contributed by atoms with E-state index in [1.807, 2.05) is 45.0 Å². The van der Waals surface area contributed by atoms with Crippen LogP contribution < -0.4 is 5.32 Å². The lowest BCUT2D eigenvalue weighted by Crippen LogP contribution is -2.27.